The fourth-order valence-corrected chi connectivity index (χ4v) is 5.09. The van der Waals surface area contributed by atoms with E-state index in [4.69, 9.17) is 14.3 Å². The highest BCUT2D eigenvalue weighted by Gasteiger charge is 2.15. The van der Waals surface area contributed by atoms with E-state index in [2.05, 4.69) is 4.98 Å². The van der Waals surface area contributed by atoms with E-state index in [9.17, 15) is 33.6 Å². The first-order valence-electron chi connectivity index (χ1n) is 17.6. The average Bonchev–Trinajstić information content (AvgIpc) is 3.54. The Morgan fingerprint density at radius 3 is 1.50 bits per heavy atom. The fraction of sp³-hybridized carbons (Fsp3) is 0.450. The van der Waals surface area contributed by atoms with Gasteiger partial charge in [0.2, 0.25) is 5.89 Å². The number of aliphatic hydroxyl groups is 1. The molecule has 3 aromatic rings. The van der Waals surface area contributed by atoms with Crippen molar-refractivity contribution in [2.24, 2.45) is 0 Å². The van der Waals surface area contributed by atoms with E-state index in [1.807, 2.05) is 49.3 Å². The Morgan fingerprint density at radius 2 is 1.06 bits per heavy atom. The van der Waals surface area contributed by atoms with Gasteiger partial charge >= 0.3 is 0 Å². The molecule has 0 amide bonds. The molecule has 0 saturated carbocycles. The van der Waals surface area contributed by atoms with Crippen molar-refractivity contribution in [1.29, 1.82) is 0 Å². The zero-order chi connectivity index (χ0) is 37.9. The molecule has 0 saturated heterocycles. The van der Waals surface area contributed by atoms with Crippen LogP contribution in [0.2, 0.25) is 0 Å². The zero-order valence-electron chi connectivity index (χ0n) is 30.0. The third-order valence-corrected chi connectivity index (χ3v) is 8.34. The molecule has 1 N–H and O–H groups in total. The SMILES string of the molecule is CN(C)c1ccc(C=Cc2nc3ccc(OCCC(=O)CCC(=O)CCC(=O)CCC(=O)CCC(=O)CCC(=O)CCC(=O)CCO)cc3o2)cc1. The molecule has 0 fully saturated rings. The molecule has 0 bridgehead atoms. The summed E-state index contributed by atoms with van der Waals surface area (Å²) in [4.78, 5) is 90.6. The van der Waals surface area contributed by atoms with Crippen molar-refractivity contribution < 1.29 is 47.8 Å². The van der Waals surface area contributed by atoms with Crippen LogP contribution in [0, 0.1) is 0 Å². The van der Waals surface area contributed by atoms with Gasteiger partial charge in [-0.3, -0.25) is 33.6 Å². The Morgan fingerprint density at radius 1 is 0.615 bits per heavy atom. The average molecular weight is 717 g/mol. The molecule has 0 unspecified atom stereocenters. The van der Waals surface area contributed by atoms with Crippen LogP contribution in [-0.2, 0) is 33.6 Å². The Balaban J connectivity index is 1.25. The minimum Gasteiger partial charge on any atom is -0.493 e. The number of anilines is 1. The van der Waals surface area contributed by atoms with Gasteiger partial charge in [-0.15, -0.1) is 0 Å². The maximum atomic E-state index is 12.3. The summed E-state index contributed by atoms with van der Waals surface area (Å²) >= 11 is 0. The number of aromatic nitrogens is 1. The van der Waals surface area contributed by atoms with Gasteiger partial charge in [0.05, 0.1) is 6.61 Å². The van der Waals surface area contributed by atoms with Crippen LogP contribution in [0.1, 0.15) is 101 Å². The highest BCUT2D eigenvalue weighted by molar-refractivity contribution is 5.93. The standard InChI is InChI=1S/C40H48N2O10/c1-42(2)29-6-3-28(4-7-29)5-22-40-41-38-21-20-37(27-39(38)52-40)51-26-24-36(50)19-17-34(48)15-13-32(46)11-9-30(44)8-10-31(45)12-14-33(47)16-18-35(49)23-25-43/h3-7,20-22,27,43H,8-19,23-26H2,1-2H3. The number of Topliss-reactive ketones (excluding diaryl/α,β-unsaturated/α-hetero) is 7. The summed E-state index contributed by atoms with van der Waals surface area (Å²) in [5.74, 6) is -0.520. The van der Waals surface area contributed by atoms with E-state index < -0.39 is 0 Å². The number of benzene rings is 2. The van der Waals surface area contributed by atoms with Gasteiger partial charge in [0, 0.05) is 128 Å². The summed E-state index contributed by atoms with van der Waals surface area (Å²) in [6.07, 6.45) is 3.83. The van der Waals surface area contributed by atoms with E-state index in [0.717, 1.165) is 11.3 Å². The summed E-state index contributed by atoms with van der Waals surface area (Å²) in [7, 11) is 3.97. The van der Waals surface area contributed by atoms with Gasteiger partial charge in [-0.2, -0.15) is 0 Å². The van der Waals surface area contributed by atoms with Crippen molar-refractivity contribution in [2.75, 3.05) is 32.2 Å². The Hall–Kier alpha value is -5.10. The number of fused-ring (bicyclic) bond motifs is 1. The van der Waals surface area contributed by atoms with E-state index in [1.54, 1.807) is 24.3 Å². The topological polar surface area (TPSA) is 178 Å². The van der Waals surface area contributed by atoms with Gasteiger partial charge in [0.25, 0.3) is 0 Å². The lowest BCUT2D eigenvalue weighted by Gasteiger charge is -2.11. The van der Waals surface area contributed by atoms with Crippen LogP contribution in [0.5, 0.6) is 5.75 Å². The molecule has 0 spiro atoms. The molecule has 1 aromatic heterocycles. The van der Waals surface area contributed by atoms with Crippen molar-refractivity contribution in [1.82, 2.24) is 4.98 Å². The fourth-order valence-electron chi connectivity index (χ4n) is 5.09. The maximum Gasteiger partial charge on any atom is 0.220 e. The molecule has 52 heavy (non-hydrogen) atoms. The first kappa shape index (κ1) is 41.3. The largest absolute Gasteiger partial charge is 0.493 e. The number of ketones is 7. The minimum atomic E-state index is -0.260. The molecule has 0 aliphatic heterocycles. The molecule has 12 nitrogen and oxygen atoms in total. The number of hydrogen-bond donors (Lipinski definition) is 1. The smallest absolute Gasteiger partial charge is 0.220 e. The molecule has 278 valence electrons. The van der Waals surface area contributed by atoms with Gasteiger partial charge in [0.1, 0.15) is 51.7 Å². The van der Waals surface area contributed by atoms with Gasteiger partial charge in [-0.1, -0.05) is 12.1 Å². The van der Waals surface area contributed by atoms with Crippen LogP contribution in [-0.4, -0.2) is 77.9 Å². The van der Waals surface area contributed by atoms with Crippen LogP contribution < -0.4 is 9.64 Å². The number of hydrogen-bond acceptors (Lipinski definition) is 12. The summed E-state index contributed by atoms with van der Waals surface area (Å²) in [5, 5.41) is 8.71. The molecule has 2 aromatic carbocycles. The number of oxazole rings is 1. The molecular weight excluding hydrogens is 668 g/mol. The number of ether oxygens (including phenoxy) is 1. The molecule has 3 rings (SSSR count). The molecule has 1 heterocycles. The van der Waals surface area contributed by atoms with Crippen LogP contribution >= 0.6 is 0 Å². The van der Waals surface area contributed by atoms with Crippen molar-refractivity contribution in [2.45, 2.75) is 89.9 Å². The van der Waals surface area contributed by atoms with Gasteiger partial charge < -0.3 is 19.2 Å². The van der Waals surface area contributed by atoms with E-state index in [1.165, 1.54) is 0 Å². The monoisotopic (exact) mass is 716 g/mol. The van der Waals surface area contributed by atoms with Crippen molar-refractivity contribution in [3.05, 3.63) is 53.9 Å². The van der Waals surface area contributed by atoms with E-state index in [-0.39, 0.29) is 144 Å². The summed E-state index contributed by atoms with van der Waals surface area (Å²) in [6.45, 7) is -0.128. The van der Waals surface area contributed by atoms with Crippen LogP contribution in [0.15, 0.2) is 46.9 Å². The first-order chi connectivity index (χ1) is 24.9. The van der Waals surface area contributed by atoms with Crippen molar-refractivity contribution in [3.8, 4) is 5.75 Å². The molecule has 0 radical (unpaired) electrons. The van der Waals surface area contributed by atoms with Crippen molar-refractivity contribution in [3.63, 3.8) is 0 Å². The predicted molar refractivity (Wildman–Crippen MR) is 196 cm³/mol. The highest BCUT2D eigenvalue weighted by atomic mass is 16.5. The lowest BCUT2D eigenvalue weighted by molar-refractivity contribution is -0.128. The van der Waals surface area contributed by atoms with Crippen LogP contribution in [0.4, 0.5) is 5.69 Å². The second-order valence-corrected chi connectivity index (χ2v) is 12.8. The number of rotatable bonds is 27. The molecule has 0 atom stereocenters. The van der Waals surface area contributed by atoms with Crippen LogP contribution in [0.3, 0.4) is 0 Å². The lowest BCUT2D eigenvalue weighted by atomic mass is 10.0. The number of aliphatic hydroxyl groups excluding tert-OH is 1. The number of carbonyl (C=O) groups excluding carboxylic acids is 7. The third kappa shape index (κ3) is 15.8. The predicted octanol–water partition coefficient (Wildman–Crippen LogP) is 5.88. The van der Waals surface area contributed by atoms with Crippen LogP contribution in [0.25, 0.3) is 23.3 Å². The van der Waals surface area contributed by atoms with Gasteiger partial charge in [0.15, 0.2) is 5.58 Å². The quantitative estimate of drug-likeness (QED) is 0.0992. The second kappa shape index (κ2) is 22.0. The molecular formula is C40H48N2O10. The molecule has 12 heteroatoms. The summed E-state index contributed by atoms with van der Waals surface area (Å²) < 4.78 is 11.6. The highest BCUT2D eigenvalue weighted by Crippen LogP contribution is 2.23. The third-order valence-electron chi connectivity index (χ3n) is 8.34. The lowest BCUT2D eigenvalue weighted by Crippen LogP contribution is -2.11. The second-order valence-electron chi connectivity index (χ2n) is 12.8. The minimum absolute atomic E-state index is 0.000708. The molecule has 0 aliphatic carbocycles. The maximum absolute atomic E-state index is 12.3. The molecule has 0 aliphatic rings. The van der Waals surface area contributed by atoms with Gasteiger partial charge in [-0.05, 0) is 35.9 Å². The number of carbonyl (C=O) groups is 7. The van der Waals surface area contributed by atoms with Gasteiger partial charge in [-0.25, -0.2) is 4.98 Å². The normalized spacial score (nSPS) is 11.1. The first-order valence-corrected chi connectivity index (χ1v) is 17.6. The Bertz CT molecular complexity index is 1740. The van der Waals surface area contributed by atoms with Crippen molar-refractivity contribution >= 4 is 69.4 Å². The van der Waals surface area contributed by atoms with E-state index >= 15 is 0 Å². The summed E-state index contributed by atoms with van der Waals surface area (Å²) in [5.41, 5.74) is 3.34. The Labute approximate surface area is 303 Å². The number of nitrogens with zero attached hydrogens (tertiary/aromatic N) is 2. The zero-order valence-corrected chi connectivity index (χ0v) is 30.0. The Kier molecular flexibility index (Phi) is 17.5. The summed E-state index contributed by atoms with van der Waals surface area (Å²) in [6, 6.07) is 13.3. The van der Waals surface area contributed by atoms with E-state index in [0.29, 0.717) is 22.7 Å².